The van der Waals surface area contributed by atoms with Gasteiger partial charge in [0.1, 0.15) is 5.78 Å². The van der Waals surface area contributed by atoms with Gasteiger partial charge >= 0.3 is 0 Å². The lowest BCUT2D eigenvalue weighted by molar-refractivity contribution is -0.135. The number of hydrogen-bond acceptors (Lipinski definition) is 3. The van der Waals surface area contributed by atoms with Crippen molar-refractivity contribution in [2.75, 3.05) is 0 Å². The third-order valence-corrected chi connectivity index (χ3v) is 4.24. The summed E-state index contributed by atoms with van der Waals surface area (Å²) in [6, 6.07) is 0. The topological polar surface area (TPSA) is 63.2 Å². The normalized spacial score (nSPS) is 30.5. The van der Waals surface area contributed by atoms with Crippen molar-refractivity contribution >= 4 is 17.5 Å². The Morgan fingerprint density at radius 3 is 2.55 bits per heavy atom. The Morgan fingerprint density at radius 1 is 1.23 bits per heavy atom. The number of allylic oxidation sites excluding steroid dienone is 7. The van der Waals surface area contributed by atoms with Gasteiger partial charge in [-0.3, -0.25) is 14.4 Å². The molecular weight excluding hydrogens is 278 g/mol. The number of hydrogen-bond donors (Lipinski definition) is 1. The number of amides is 1. The van der Waals surface area contributed by atoms with E-state index in [2.05, 4.69) is 11.9 Å². The standard InChI is InChI=1S/C18H21NO3/c1-4-6-7-14-12(5-2)10-15(20)17(18(14)22)13-8-9-16(21)19-11(13)3/h4-7,13,17H,3,8-10H2,1-2H3,(H,19,21)/b6-4-,12-5-,14-7+. The van der Waals surface area contributed by atoms with E-state index in [1.165, 1.54) is 0 Å². The summed E-state index contributed by atoms with van der Waals surface area (Å²) >= 11 is 0. The molecule has 0 spiro atoms. The fourth-order valence-electron chi connectivity index (χ4n) is 3.07. The van der Waals surface area contributed by atoms with Gasteiger partial charge in [0.05, 0.1) is 5.92 Å². The highest BCUT2D eigenvalue weighted by Gasteiger charge is 2.43. The van der Waals surface area contributed by atoms with Crippen molar-refractivity contribution < 1.29 is 14.4 Å². The van der Waals surface area contributed by atoms with Crippen molar-refractivity contribution in [2.24, 2.45) is 11.8 Å². The second-order valence-corrected chi connectivity index (χ2v) is 5.62. The largest absolute Gasteiger partial charge is 0.330 e. The molecule has 1 N–H and O–H groups in total. The smallest absolute Gasteiger partial charge is 0.224 e. The molecule has 0 radical (unpaired) electrons. The van der Waals surface area contributed by atoms with Crippen LogP contribution in [-0.4, -0.2) is 17.5 Å². The zero-order valence-corrected chi connectivity index (χ0v) is 13.0. The van der Waals surface area contributed by atoms with Crippen molar-refractivity contribution in [2.45, 2.75) is 33.1 Å². The maximum atomic E-state index is 12.8. The number of nitrogens with one attached hydrogen (secondary N) is 1. The summed E-state index contributed by atoms with van der Waals surface area (Å²) in [5, 5.41) is 2.67. The Morgan fingerprint density at radius 2 is 1.95 bits per heavy atom. The molecule has 1 heterocycles. The summed E-state index contributed by atoms with van der Waals surface area (Å²) in [6.45, 7) is 7.54. The summed E-state index contributed by atoms with van der Waals surface area (Å²) in [6.07, 6.45) is 8.31. The van der Waals surface area contributed by atoms with Crippen molar-refractivity contribution in [3.63, 3.8) is 0 Å². The second kappa shape index (κ2) is 6.69. The van der Waals surface area contributed by atoms with E-state index in [-0.39, 0.29) is 29.8 Å². The highest BCUT2D eigenvalue weighted by molar-refractivity contribution is 6.17. The molecule has 2 fully saturated rings. The molecule has 2 aliphatic rings. The fraction of sp³-hybridized carbons (Fsp3) is 0.389. The summed E-state index contributed by atoms with van der Waals surface area (Å²) in [5.41, 5.74) is 1.85. The zero-order chi connectivity index (χ0) is 16.3. The Balaban J connectivity index is 2.36. The molecule has 0 aromatic rings. The van der Waals surface area contributed by atoms with Gasteiger partial charge < -0.3 is 5.32 Å². The molecule has 2 unspecified atom stereocenters. The summed E-state index contributed by atoms with van der Waals surface area (Å²) < 4.78 is 0. The number of Topliss-reactive ketones (excluding diaryl/α,β-unsaturated/α-hetero) is 2. The van der Waals surface area contributed by atoms with Gasteiger partial charge in [-0.25, -0.2) is 0 Å². The monoisotopic (exact) mass is 299 g/mol. The lowest BCUT2D eigenvalue weighted by atomic mass is 9.70. The van der Waals surface area contributed by atoms with Crippen molar-refractivity contribution in [3.05, 3.63) is 47.7 Å². The van der Waals surface area contributed by atoms with Gasteiger partial charge in [0.25, 0.3) is 0 Å². The SMILES string of the molecule is C=C1NC(=O)CCC1C1C(=O)CC(=C/C)/C(=C\C=C/C)C1=O. The maximum absolute atomic E-state index is 12.8. The minimum atomic E-state index is -0.728. The summed E-state index contributed by atoms with van der Waals surface area (Å²) in [5.74, 6) is -1.38. The molecular formula is C18H21NO3. The summed E-state index contributed by atoms with van der Waals surface area (Å²) in [7, 11) is 0. The van der Waals surface area contributed by atoms with Crippen LogP contribution in [0.15, 0.2) is 47.7 Å². The lowest BCUT2D eigenvalue weighted by Crippen LogP contribution is -2.43. The predicted octanol–water partition coefficient (Wildman–Crippen LogP) is 2.63. The van der Waals surface area contributed by atoms with Crippen LogP contribution in [0.1, 0.15) is 33.1 Å². The molecule has 4 heteroatoms. The highest BCUT2D eigenvalue weighted by atomic mass is 16.2. The molecule has 2 atom stereocenters. The van der Waals surface area contributed by atoms with Gasteiger partial charge in [-0.2, -0.15) is 0 Å². The van der Waals surface area contributed by atoms with Crippen molar-refractivity contribution in [3.8, 4) is 0 Å². The predicted molar refractivity (Wildman–Crippen MR) is 84.8 cm³/mol. The van der Waals surface area contributed by atoms with E-state index in [4.69, 9.17) is 0 Å². The van der Waals surface area contributed by atoms with Gasteiger partial charge in [-0.15, -0.1) is 0 Å². The number of rotatable bonds is 2. The van der Waals surface area contributed by atoms with E-state index in [1.54, 1.807) is 12.2 Å². The van der Waals surface area contributed by atoms with Crippen LogP contribution in [0.3, 0.4) is 0 Å². The average Bonchev–Trinajstić information content (AvgIpc) is 2.48. The lowest BCUT2D eigenvalue weighted by Gasteiger charge is -2.34. The van der Waals surface area contributed by atoms with Crippen molar-refractivity contribution in [1.82, 2.24) is 5.32 Å². The maximum Gasteiger partial charge on any atom is 0.224 e. The Bertz CT molecular complexity index is 622. The third kappa shape index (κ3) is 3.01. The van der Waals surface area contributed by atoms with Crippen LogP contribution in [0.4, 0.5) is 0 Å². The number of carbonyl (C=O) groups is 3. The first kappa shape index (κ1) is 16.1. The minimum absolute atomic E-state index is 0.0852. The summed E-state index contributed by atoms with van der Waals surface area (Å²) in [4.78, 5) is 36.7. The first-order valence-electron chi connectivity index (χ1n) is 7.53. The van der Waals surface area contributed by atoms with Crippen LogP contribution in [0.25, 0.3) is 0 Å². The third-order valence-electron chi connectivity index (χ3n) is 4.24. The molecule has 4 nitrogen and oxygen atoms in total. The highest BCUT2D eigenvalue weighted by Crippen LogP contribution is 2.37. The molecule has 116 valence electrons. The first-order valence-corrected chi connectivity index (χ1v) is 7.53. The van der Waals surface area contributed by atoms with Gasteiger partial charge in [-0.05, 0) is 25.8 Å². The number of ketones is 2. The van der Waals surface area contributed by atoms with Crippen LogP contribution in [0.5, 0.6) is 0 Å². The molecule has 1 aliphatic carbocycles. The van der Waals surface area contributed by atoms with E-state index in [9.17, 15) is 14.4 Å². The van der Waals surface area contributed by atoms with E-state index in [1.807, 2.05) is 26.0 Å². The Hall–Kier alpha value is -2.23. The Labute approximate surface area is 130 Å². The fourth-order valence-corrected chi connectivity index (χ4v) is 3.07. The minimum Gasteiger partial charge on any atom is -0.330 e. The zero-order valence-electron chi connectivity index (χ0n) is 13.0. The number of piperidine rings is 1. The Kier molecular flexibility index (Phi) is 4.91. The van der Waals surface area contributed by atoms with Crippen LogP contribution < -0.4 is 5.32 Å². The average molecular weight is 299 g/mol. The molecule has 1 saturated heterocycles. The quantitative estimate of drug-likeness (QED) is 0.630. The van der Waals surface area contributed by atoms with E-state index >= 15 is 0 Å². The van der Waals surface area contributed by atoms with Crippen LogP contribution in [0, 0.1) is 11.8 Å². The molecule has 1 saturated carbocycles. The molecule has 1 aliphatic heterocycles. The van der Waals surface area contributed by atoms with E-state index in [0.717, 1.165) is 5.57 Å². The molecule has 0 aromatic carbocycles. The van der Waals surface area contributed by atoms with Gasteiger partial charge in [0, 0.05) is 30.0 Å². The molecule has 0 aromatic heterocycles. The van der Waals surface area contributed by atoms with E-state index < -0.39 is 5.92 Å². The van der Waals surface area contributed by atoms with Crippen LogP contribution >= 0.6 is 0 Å². The van der Waals surface area contributed by atoms with E-state index in [0.29, 0.717) is 24.1 Å². The van der Waals surface area contributed by atoms with Gasteiger partial charge in [-0.1, -0.05) is 30.9 Å². The number of carbonyl (C=O) groups excluding carboxylic acids is 3. The molecule has 22 heavy (non-hydrogen) atoms. The molecule has 1 amide bonds. The first-order chi connectivity index (χ1) is 10.5. The van der Waals surface area contributed by atoms with Gasteiger partial charge in [0.15, 0.2) is 5.78 Å². The molecule has 0 bridgehead atoms. The second-order valence-electron chi connectivity index (χ2n) is 5.62. The van der Waals surface area contributed by atoms with Gasteiger partial charge in [0.2, 0.25) is 5.91 Å². The van der Waals surface area contributed by atoms with Crippen LogP contribution in [0.2, 0.25) is 0 Å². The van der Waals surface area contributed by atoms with Crippen LogP contribution in [-0.2, 0) is 14.4 Å². The van der Waals surface area contributed by atoms with Crippen molar-refractivity contribution in [1.29, 1.82) is 0 Å². The molecule has 2 rings (SSSR count).